The van der Waals surface area contributed by atoms with Gasteiger partial charge in [0.2, 0.25) is 0 Å². The molecule has 3 aliphatic rings. The highest BCUT2D eigenvalue weighted by Gasteiger charge is 2.63. The molecule has 2 heteroatoms. The van der Waals surface area contributed by atoms with Crippen LogP contribution in [0.4, 0.5) is 0 Å². The zero-order valence-electron chi connectivity index (χ0n) is 14.9. The van der Waals surface area contributed by atoms with Crippen molar-refractivity contribution in [3.63, 3.8) is 0 Å². The Morgan fingerprint density at radius 1 is 0.955 bits per heavy atom. The number of rotatable bonds is 1. The van der Waals surface area contributed by atoms with Gasteiger partial charge < -0.3 is 10.2 Å². The van der Waals surface area contributed by atoms with E-state index in [2.05, 4.69) is 40.3 Å². The topological polar surface area (TPSA) is 40.5 Å². The molecule has 0 aliphatic heterocycles. The van der Waals surface area contributed by atoms with Crippen molar-refractivity contribution < 1.29 is 10.2 Å². The molecule has 3 saturated carbocycles. The molecule has 126 valence electrons. The van der Waals surface area contributed by atoms with Crippen molar-refractivity contribution in [2.24, 2.45) is 28.1 Å². The van der Waals surface area contributed by atoms with E-state index in [1.54, 1.807) is 0 Å². The van der Waals surface area contributed by atoms with Gasteiger partial charge in [-0.1, -0.05) is 33.8 Å². The lowest BCUT2D eigenvalue weighted by Crippen LogP contribution is -2.63. The van der Waals surface area contributed by atoms with Gasteiger partial charge in [-0.2, -0.15) is 0 Å². The first-order valence-electron chi connectivity index (χ1n) is 9.11. The Morgan fingerprint density at radius 3 is 2.23 bits per heavy atom. The molecule has 0 bridgehead atoms. The molecule has 3 fully saturated rings. The quantitative estimate of drug-likeness (QED) is 0.709. The van der Waals surface area contributed by atoms with E-state index in [0.29, 0.717) is 11.8 Å². The van der Waals surface area contributed by atoms with Gasteiger partial charge in [0.15, 0.2) is 0 Å². The summed E-state index contributed by atoms with van der Waals surface area (Å²) in [6.07, 6.45) is 8.82. The van der Waals surface area contributed by atoms with Crippen LogP contribution in [0.25, 0.3) is 0 Å². The van der Waals surface area contributed by atoms with Crippen molar-refractivity contribution in [3.8, 4) is 0 Å². The van der Waals surface area contributed by atoms with E-state index in [-0.39, 0.29) is 22.3 Å². The number of fused-ring (bicyclic) bond motifs is 3. The minimum atomic E-state index is -0.537. The standard InChI is InChI=1S/C20H34O2/c1-6-18(4)10-7-15-19(5)11-9-16(21)17(2,3)14(19)8-12-20(15,22)13-18/h6,14-16,21-22H,1,7-13H2,2-5H3/t14?,15-,16?,18-,19?,20?/m1/s1. The van der Waals surface area contributed by atoms with Crippen LogP contribution in [0.5, 0.6) is 0 Å². The Bertz CT molecular complexity index is 470. The Morgan fingerprint density at radius 2 is 1.59 bits per heavy atom. The third-order valence-corrected chi connectivity index (χ3v) is 8.03. The second-order valence-corrected chi connectivity index (χ2v) is 9.70. The molecule has 4 unspecified atom stereocenters. The molecule has 3 rings (SSSR count). The number of allylic oxidation sites excluding steroid dienone is 1. The van der Waals surface area contributed by atoms with Crippen LogP contribution in [0, 0.1) is 28.1 Å². The normalized spacial score (nSPS) is 54.2. The van der Waals surface area contributed by atoms with Gasteiger partial charge in [0.1, 0.15) is 0 Å². The van der Waals surface area contributed by atoms with Crippen LogP contribution in [0.15, 0.2) is 12.7 Å². The molecular weight excluding hydrogens is 272 g/mol. The number of aliphatic hydroxyl groups is 2. The second kappa shape index (κ2) is 4.83. The second-order valence-electron chi connectivity index (χ2n) is 9.70. The fraction of sp³-hybridized carbons (Fsp3) is 0.900. The van der Waals surface area contributed by atoms with Crippen LogP contribution in [-0.4, -0.2) is 21.9 Å². The van der Waals surface area contributed by atoms with Crippen LogP contribution in [0.2, 0.25) is 0 Å². The van der Waals surface area contributed by atoms with Crippen molar-refractivity contribution >= 4 is 0 Å². The zero-order valence-corrected chi connectivity index (χ0v) is 14.9. The predicted octanol–water partition coefficient (Wildman–Crippen LogP) is 4.31. The summed E-state index contributed by atoms with van der Waals surface area (Å²) in [6.45, 7) is 13.1. The van der Waals surface area contributed by atoms with Gasteiger partial charge in [0.05, 0.1) is 11.7 Å². The largest absolute Gasteiger partial charge is 0.393 e. The van der Waals surface area contributed by atoms with Crippen molar-refractivity contribution in [2.75, 3.05) is 0 Å². The number of aliphatic hydroxyl groups excluding tert-OH is 1. The van der Waals surface area contributed by atoms with Gasteiger partial charge in [-0.25, -0.2) is 0 Å². The highest BCUT2D eigenvalue weighted by molar-refractivity contribution is 5.14. The molecule has 0 radical (unpaired) electrons. The Labute approximate surface area is 136 Å². The van der Waals surface area contributed by atoms with Crippen LogP contribution < -0.4 is 0 Å². The van der Waals surface area contributed by atoms with Crippen LogP contribution in [0.3, 0.4) is 0 Å². The number of hydrogen-bond donors (Lipinski definition) is 2. The summed E-state index contributed by atoms with van der Waals surface area (Å²) in [4.78, 5) is 0. The van der Waals surface area contributed by atoms with Gasteiger partial charge in [-0.05, 0) is 73.0 Å². The molecule has 0 aromatic carbocycles. The highest BCUT2D eigenvalue weighted by Crippen LogP contribution is 2.66. The van der Waals surface area contributed by atoms with Gasteiger partial charge in [-0.3, -0.25) is 0 Å². The summed E-state index contributed by atoms with van der Waals surface area (Å²) in [5, 5.41) is 22.0. The summed E-state index contributed by atoms with van der Waals surface area (Å²) in [6, 6.07) is 0. The minimum Gasteiger partial charge on any atom is -0.393 e. The van der Waals surface area contributed by atoms with E-state index >= 15 is 0 Å². The molecule has 0 saturated heterocycles. The average Bonchev–Trinajstić information content (AvgIpc) is 2.42. The maximum absolute atomic E-state index is 11.5. The summed E-state index contributed by atoms with van der Waals surface area (Å²) >= 11 is 0. The van der Waals surface area contributed by atoms with Crippen LogP contribution in [0.1, 0.15) is 72.6 Å². The summed E-state index contributed by atoms with van der Waals surface area (Å²) in [5.74, 6) is 0.890. The fourth-order valence-electron chi connectivity index (χ4n) is 6.62. The molecule has 2 N–H and O–H groups in total. The molecule has 0 amide bonds. The van der Waals surface area contributed by atoms with Crippen molar-refractivity contribution in [3.05, 3.63) is 12.7 Å². The van der Waals surface area contributed by atoms with Crippen LogP contribution >= 0.6 is 0 Å². The predicted molar refractivity (Wildman–Crippen MR) is 90.4 cm³/mol. The molecule has 6 atom stereocenters. The van der Waals surface area contributed by atoms with Gasteiger partial charge in [-0.15, -0.1) is 6.58 Å². The third kappa shape index (κ3) is 2.13. The van der Waals surface area contributed by atoms with E-state index in [4.69, 9.17) is 0 Å². The lowest BCUT2D eigenvalue weighted by Gasteiger charge is -2.65. The van der Waals surface area contributed by atoms with Gasteiger partial charge in [0.25, 0.3) is 0 Å². The van der Waals surface area contributed by atoms with E-state index < -0.39 is 5.60 Å². The van der Waals surface area contributed by atoms with E-state index in [9.17, 15) is 10.2 Å². The summed E-state index contributed by atoms with van der Waals surface area (Å²) < 4.78 is 0. The zero-order chi connectivity index (χ0) is 16.4. The molecule has 22 heavy (non-hydrogen) atoms. The van der Waals surface area contributed by atoms with Crippen molar-refractivity contribution in [1.82, 2.24) is 0 Å². The maximum Gasteiger partial charge on any atom is 0.0689 e. The summed E-state index contributed by atoms with van der Waals surface area (Å²) in [5.41, 5.74) is -0.325. The van der Waals surface area contributed by atoms with Crippen LogP contribution in [-0.2, 0) is 0 Å². The molecule has 0 heterocycles. The molecular formula is C20H34O2. The Balaban J connectivity index is 1.95. The fourth-order valence-corrected chi connectivity index (χ4v) is 6.62. The lowest BCUT2D eigenvalue weighted by molar-refractivity contribution is -0.221. The molecule has 2 nitrogen and oxygen atoms in total. The van der Waals surface area contributed by atoms with E-state index in [1.807, 2.05) is 0 Å². The first-order valence-corrected chi connectivity index (χ1v) is 9.11. The highest BCUT2D eigenvalue weighted by atomic mass is 16.3. The Kier molecular flexibility index (Phi) is 3.63. The average molecular weight is 306 g/mol. The van der Waals surface area contributed by atoms with Crippen molar-refractivity contribution in [1.29, 1.82) is 0 Å². The maximum atomic E-state index is 11.5. The monoisotopic (exact) mass is 306 g/mol. The third-order valence-electron chi connectivity index (χ3n) is 8.03. The first kappa shape index (κ1) is 16.5. The molecule has 0 aromatic rings. The van der Waals surface area contributed by atoms with E-state index in [1.165, 1.54) is 0 Å². The smallest absolute Gasteiger partial charge is 0.0689 e. The SMILES string of the molecule is C=C[C@]1(C)CC[C@H]2C(O)(CCC3C(C)(C)C(O)CCC32C)C1. The minimum absolute atomic E-state index is 0.0342. The first-order chi connectivity index (χ1) is 10.1. The molecule has 0 spiro atoms. The number of hydrogen-bond acceptors (Lipinski definition) is 2. The summed E-state index contributed by atoms with van der Waals surface area (Å²) in [7, 11) is 0. The lowest BCUT2D eigenvalue weighted by atomic mass is 9.41. The molecule has 0 aromatic heterocycles. The van der Waals surface area contributed by atoms with Crippen molar-refractivity contribution in [2.45, 2.75) is 84.3 Å². The van der Waals surface area contributed by atoms with Gasteiger partial charge >= 0.3 is 0 Å². The van der Waals surface area contributed by atoms with Gasteiger partial charge in [0, 0.05) is 0 Å². The van der Waals surface area contributed by atoms with E-state index in [0.717, 1.165) is 44.9 Å². The Hall–Kier alpha value is -0.340. The molecule has 3 aliphatic carbocycles.